The van der Waals surface area contributed by atoms with Crippen LogP contribution in [-0.4, -0.2) is 25.5 Å². The van der Waals surface area contributed by atoms with Crippen molar-refractivity contribution in [1.82, 2.24) is 10.6 Å². The van der Waals surface area contributed by atoms with Gasteiger partial charge in [-0.2, -0.15) is 0 Å². The summed E-state index contributed by atoms with van der Waals surface area (Å²) in [4.78, 5) is 12.0. The summed E-state index contributed by atoms with van der Waals surface area (Å²) in [5.74, 6) is 2.23. The molecule has 0 aromatic rings. The summed E-state index contributed by atoms with van der Waals surface area (Å²) in [6.07, 6.45) is 9.22. The molecule has 0 aliphatic heterocycles. The molecular weight excluding hydrogens is 224 g/mol. The first-order valence-electron chi connectivity index (χ1n) is 7.81. The number of amides is 1. The van der Waals surface area contributed by atoms with Crippen LogP contribution in [0.3, 0.4) is 0 Å². The highest BCUT2D eigenvalue weighted by molar-refractivity contribution is 5.81. The van der Waals surface area contributed by atoms with E-state index in [0.29, 0.717) is 17.7 Å². The minimum Gasteiger partial charge on any atom is -0.355 e. The molecule has 1 amide bonds. The van der Waals surface area contributed by atoms with Crippen LogP contribution in [0, 0.1) is 17.8 Å². The minimum atomic E-state index is 0.309. The SMILES string of the molecule is CCCNCCNC(=O)C1CC1C1CCCCC1. The average Bonchev–Trinajstić information content (AvgIpc) is 3.20. The molecule has 104 valence electrons. The van der Waals surface area contributed by atoms with E-state index in [-0.39, 0.29) is 0 Å². The van der Waals surface area contributed by atoms with E-state index in [2.05, 4.69) is 17.6 Å². The highest BCUT2D eigenvalue weighted by Gasteiger charge is 2.47. The molecule has 3 heteroatoms. The molecule has 2 fully saturated rings. The number of hydrogen-bond acceptors (Lipinski definition) is 2. The summed E-state index contributed by atoms with van der Waals surface area (Å²) in [5.41, 5.74) is 0. The first kappa shape index (κ1) is 13.9. The first-order valence-corrected chi connectivity index (χ1v) is 7.81. The van der Waals surface area contributed by atoms with Gasteiger partial charge in [0.2, 0.25) is 5.91 Å². The van der Waals surface area contributed by atoms with E-state index in [1.807, 2.05) is 0 Å². The Balaban J connectivity index is 1.57. The van der Waals surface area contributed by atoms with Crippen LogP contribution in [-0.2, 0) is 4.79 Å². The predicted octanol–water partition coefficient (Wildman–Crippen LogP) is 2.32. The van der Waals surface area contributed by atoms with Crippen LogP contribution >= 0.6 is 0 Å². The lowest BCUT2D eigenvalue weighted by molar-refractivity contribution is -0.122. The van der Waals surface area contributed by atoms with E-state index in [1.165, 1.54) is 32.1 Å². The maximum atomic E-state index is 12.0. The maximum absolute atomic E-state index is 12.0. The van der Waals surface area contributed by atoms with E-state index in [1.54, 1.807) is 0 Å². The number of rotatable bonds is 7. The Morgan fingerprint density at radius 3 is 2.61 bits per heavy atom. The van der Waals surface area contributed by atoms with Crippen LogP contribution in [0.1, 0.15) is 51.9 Å². The number of carbonyl (C=O) groups is 1. The smallest absolute Gasteiger partial charge is 0.223 e. The van der Waals surface area contributed by atoms with Crippen molar-refractivity contribution in [1.29, 1.82) is 0 Å². The summed E-state index contributed by atoms with van der Waals surface area (Å²) in [6, 6.07) is 0. The van der Waals surface area contributed by atoms with E-state index in [4.69, 9.17) is 0 Å². The zero-order valence-electron chi connectivity index (χ0n) is 11.7. The van der Waals surface area contributed by atoms with E-state index < -0.39 is 0 Å². The molecule has 0 bridgehead atoms. The zero-order chi connectivity index (χ0) is 12.8. The van der Waals surface area contributed by atoms with Gasteiger partial charge in [0, 0.05) is 19.0 Å². The van der Waals surface area contributed by atoms with Crippen molar-refractivity contribution in [3.63, 3.8) is 0 Å². The molecular formula is C15H28N2O. The monoisotopic (exact) mass is 252 g/mol. The minimum absolute atomic E-state index is 0.309. The van der Waals surface area contributed by atoms with Crippen molar-refractivity contribution in [2.45, 2.75) is 51.9 Å². The zero-order valence-corrected chi connectivity index (χ0v) is 11.7. The molecule has 0 aromatic carbocycles. The summed E-state index contributed by atoms with van der Waals surface area (Å²) in [6.45, 7) is 4.89. The van der Waals surface area contributed by atoms with E-state index in [9.17, 15) is 4.79 Å². The summed E-state index contributed by atoms with van der Waals surface area (Å²) in [5, 5.41) is 6.38. The summed E-state index contributed by atoms with van der Waals surface area (Å²) in [7, 11) is 0. The van der Waals surface area contributed by atoms with Crippen molar-refractivity contribution in [2.24, 2.45) is 17.8 Å². The van der Waals surface area contributed by atoms with Gasteiger partial charge < -0.3 is 10.6 Å². The Morgan fingerprint density at radius 2 is 1.89 bits per heavy atom. The maximum Gasteiger partial charge on any atom is 0.223 e. The fraction of sp³-hybridized carbons (Fsp3) is 0.933. The third kappa shape index (κ3) is 3.98. The van der Waals surface area contributed by atoms with Gasteiger partial charge in [-0.1, -0.05) is 39.0 Å². The highest BCUT2D eigenvalue weighted by atomic mass is 16.2. The van der Waals surface area contributed by atoms with Crippen LogP contribution in [0.2, 0.25) is 0 Å². The molecule has 0 radical (unpaired) electrons. The Hall–Kier alpha value is -0.570. The fourth-order valence-electron chi connectivity index (χ4n) is 3.31. The van der Waals surface area contributed by atoms with Crippen molar-refractivity contribution < 1.29 is 4.79 Å². The quantitative estimate of drug-likeness (QED) is 0.683. The van der Waals surface area contributed by atoms with Gasteiger partial charge in [0.05, 0.1) is 0 Å². The molecule has 3 nitrogen and oxygen atoms in total. The molecule has 2 aliphatic rings. The lowest BCUT2D eigenvalue weighted by Gasteiger charge is -2.21. The largest absolute Gasteiger partial charge is 0.355 e. The molecule has 18 heavy (non-hydrogen) atoms. The Kier molecular flexibility index (Phi) is 5.48. The molecule has 2 atom stereocenters. The third-order valence-electron chi connectivity index (χ3n) is 4.46. The second kappa shape index (κ2) is 7.13. The van der Waals surface area contributed by atoms with Crippen LogP contribution in [0.4, 0.5) is 0 Å². The van der Waals surface area contributed by atoms with E-state index in [0.717, 1.165) is 38.4 Å². The van der Waals surface area contributed by atoms with E-state index >= 15 is 0 Å². The highest BCUT2D eigenvalue weighted by Crippen LogP contribution is 2.49. The van der Waals surface area contributed by atoms with Crippen LogP contribution in [0.25, 0.3) is 0 Å². The molecule has 2 saturated carbocycles. The third-order valence-corrected chi connectivity index (χ3v) is 4.46. The molecule has 0 saturated heterocycles. The van der Waals surface area contributed by atoms with Crippen molar-refractivity contribution in [3.05, 3.63) is 0 Å². The van der Waals surface area contributed by atoms with Gasteiger partial charge in [-0.25, -0.2) is 0 Å². The standard InChI is InChI=1S/C15H28N2O/c1-2-8-16-9-10-17-15(18)14-11-13(14)12-6-4-3-5-7-12/h12-14,16H,2-11H2,1H3,(H,17,18). The van der Waals surface area contributed by atoms with Gasteiger partial charge in [-0.15, -0.1) is 0 Å². The number of nitrogens with one attached hydrogen (secondary N) is 2. The molecule has 2 unspecified atom stereocenters. The Labute approximate surface area is 111 Å². The van der Waals surface area contributed by atoms with Gasteiger partial charge in [-0.3, -0.25) is 4.79 Å². The van der Waals surface area contributed by atoms with Crippen molar-refractivity contribution >= 4 is 5.91 Å². The van der Waals surface area contributed by atoms with Gasteiger partial charge in [-0.05, 0) is 31.2 Å². The molecule has 0 heterocycles. The number of carbonyl (C=O) groups excluding carboxylic acids is 1. The normalized spacial score (nSPS) is 28.1. The van der Waals surface area contributed by atoms with Crippen molar-refractivity contribution in [2.75, 3.05) is 19.6 Å². The first-order chi connectivity index (χ1) is 8.83. The van der Waals surface area contributed by atoms with Crippen molar-refractivity contribution in [3.8, 4) is 0 Å². The van der Waals surface area contributed by atoms with Crippen LogP contribution < -0.4 is 10.6 Å². The number of hydrogen-bond donors (Lipinski definition) is 2. The summed E-state index contributed by atoms with van der Waals surface area (Å²) < 4.78 is 0. The molecule has 2 rings (SSSR count). The fourth-order valence-corrected chi connectivity index (χ4v) is 3.31. The predicted molar refractivity (Wildman–Crippen MR) is 74.3 cm³/mol. The lowest BCUT2D eigenvalue weighted by atomic mass is 9.85. The van der Waals surface area contributed by atoms with Crippen LogP contribution in [0.5, 0.6) is 0 Å². The van der Waals surface area contributed by atoms with Crippen LogP contribution in [0.15, 0.2) is 0 Å². The van der Waals surface area contributed by atoms with Gasteiger partial charge in [0.25, 0.3) is 0 Å². The molecule has 0 spiro atoms. The second-order valence-corrected chi connectivity index (χ2v) is 5.95. The summed E-state index contributed by atoms with van der Waals surface area (Å²) >= 11 is 0. The van der Waals surface area contributed by atoms with Gasteiger partial charge >= 0.3 is 0 Å². The molecule has 2 N–H and O–H groups in total. The Morgan fingerprint density at radius 1 is 1.11 bits per heavy atom. The second-order valence-electron chi connectivity index (χ2n) is 5.95. The molecule has 2 aliphatic carbocycles. The molecule has 0 aromatic heterocycles. The van der Waals surface area contributed by atoms with Gasteiger partial charge in [0.1, 0.15) is 0 Å². The average molecular weight is 252 g/mol. The Bertz CT molecular complexity index is 261. The topological polar surface area (TPSA) is 41.1 Å². The lowest BCUT2D eigenvalue weighted by Crippen LogP contribution is -2.33. The van der Waals surface area contributed by atoms with Gasteiger partial charge in [0.15, 0.2) is 0 Å².